The fourth-order valence-electron chi connectivity index (χ4n) is 3.78. The van der Waals surface area contributed by atoms with Gasteiger partial charge >= 0.3 is 0 Å². The number of pyridine rings is 1. The summed E-state index contributed by atoms with van der Waals surface area (Å²) in [4.78, 5) is 12.0. The maximum absolute atomic E-state index is 6.71. The van der Waals surface area contributed by atoms with Gasteiger partial charge in [-0.3, -0.25) is 9.98 Å². The number of thioether (sulfide) groups is 1. The van der Waals surface area contributed by atoms with Crippen molar-refractivity contribution in [2.24, 2.45) is 4.99 Å². The summed E-state index contributed by atoms with van der Waals surface area (Å²) >= 11 is 8.53. The predicted octanol–water partition coefficient (Wildman–Crippen LogP) is 4.73. The van der Waals surface area contributed by atoms with Crippen LogP contribution < -0.4 is 9.47 Å². The van der Waals surface area contributed by atoms with Crippen LogP contribution in [0.25, 0.3) is 0 Å². The van der Waals surface area contributed by atoms with Crippen LogP contribution in [0.4, 0.5) is 0 Å². The van der Waals surface area contributed by atoms with E-state index in [0.717, 1.165) is 28.6 Å². The number of halogens is 1. The molecule has 5 nitrogen and oxygen atoms in total. The Kier molecular flexibility index (Phi) is 5.19. The Hall–Kier alpha value is -1.92. The normalized spacial score (nSPS) is 23.9. The van der Waals surface area contributed by atoms with Gasteiger partial charge in [0.15, 0.2) is 16.7 Å². The topological polar surface area (TPSA) is 47.0 Å². The number of hydrogen-bond donors (Lipinski definition) is 0. The van der Waals surface area contributed by atoms with Crippen molar-refractivity contribution in [3.05, 3.63) is 52.8 Å². The van der Waals surface area contributed by atoms with Crippen molar-refractivity contribution in [2.45, 2.75) is 31.5 Å². The van der Waals surface area contributed by atoms with E-state index in [1.807, 2.05) is 48.3 Å². The highest BCUT2D eigenvalue weighted by Crippen LogP contribution is 2.51. The van der Waals surface area contributed by atoms with Gasteiger partial charge in [-0.05, 0) is 30.2 Å². The number of benzene rings is 1. The van der Waals surface area contributed by atoms with Crippen LogP contribution in [-0.2, 0) is 0 Å². The monoisotopic (exact) mass is 403 g/mol. The second-order valence-electron chi connectivity index (χ2n) is 6.57. The van der Waals surface area contributed by atoms with E-state index in [1.54, 1.807) is 14.2 Å². The van der Waals surface area contributed by atoms with Gasteiger partial charge in [0.05, 0.1) is 26.0 Å². The van der Waals surface area contributed by atoms with E-state index in [0.29, 0.717) is 22.6 Å². The van der Waals surface area contributed by atoms with Crippen LogP contribution in [-0.4, -0.2) is 41.1 Å². The van der Waals surface area contributed by atoms with Crippen molar-refractivity contribution in [1.82, 2.24) is 9.88 Å². The molecule has 0 N–H and O–H groups in total. The van der Waals surface area contributed by atoms with Crippen molar-refractivity contribution < 1.29 is 9.47 Å². The van der Waals surface area contributed by atoms with Gasteiger partial charge in [0, 0.05) is 29.1 Å². The predicted molar refractivity (Wildman–Crippen MR) is 110 cm³/mol. The first kappa shape index (κ1) is 18.4. The molecule has 142 valence electrons. The van der Waals surface area contributed by atoms with Gasteiger partial charge in [0.2, 0.25) is 0 Å². The molecule has 1 aromatic carbocycles. The summed E-state index contributed by atoms with van der Waals surface area (Å²) in [6.07, 6.45) is 2.87. The maximum atomic E-state index is 6.71. The molecular formula is C20H22ClN3O2S. The van der Waals surface area contributed by atoms with Gasteiger partial charge < -0.3 is 14.4 Å². The Labute approximate surface area is 168 Å². The third-order valence-electron chi connectivity index (χ3n) is 5.15. The minimum Gasteiger partial charge on any atom is -0.493 e. The summed E-state index contributed by atoms with van der Waals surface area (Å²) in [7, 11) is 3.26. The lowest BCUT2D eigenvalue weighted by molar-refractivity contribution is 0.254. The number of aliphatic imine (C=N–C) groups is 1. The molecule has 2 aromatic rings. The third kappa shape index (κ3) is 3.15. The van der Waals surface area contributed by atoms with E-state index in [9.17, 15) is 0 Å². The molecule has 0 radical (unpaired) electrons. The summed E-state index contributed by atoms with van der Waals surface area (Å²) in [5, 5.41) is 1.73. The lowest BCUT2D eigenvalue weighted by Crippen LogP contribution is -2.35. The van der Waals surface area contributed by atoms with Crippen LogP contribution in [0.3, 0.4) is 0 Å². The van der Waals surface area contributed by atoms with Crippen molar-refractivity contribution in [3.63, 3.8) is 0 Å². The Balaban J connectivity index is 1.84. The summed E-state index contributed by atoms with van der Waals surface area (Å²) in [5.74, 6) is 2.35. The van der Waals surface area contributed by atoms with Gasteiger partial charge in [0.25, 0.3) is 0 Å². The van der Waals surface area contributed by atoms with Crippen molar-refractivity contribution in [2.75, 3.05) is 20.0 Å². The smallest absolute Gasteiger partial charge is 0.162 e. The highest BCUT2D eigenvalue weighted by Gasteiger charge is 2.46. The second kappa shape index (κ2) is 7.60. The molecule has 1 fully saturated rings. The molecule has 3 atom stereocenters. The molecule has 0 unspecified atom stereocenters. The van der Waals surface area contributed by atoms with E-state index in [2.05, 4.69) is 16.8 Å². The van der Waals surface area contributed by atoms with Crippen LogP contribution in [0, 0.1) is 0 Å². The standard InChI is InChI=1S/C20H22ClN3O2S/c1-4-12-11-27-20-23-18(15-7-5-6-8-22-15)19(24(12)20)13-9-16(25-2)17(26-3)10-14(13)21/h5-10,12,18-19H,4,11H2,1-3H3/t12-,18+,19-/m1/s1. The first-order valence-electron chi connectivity index (χ1n) is 8.99. The molecule has 2 aliphatic heterocycles. The molecular weight excluding hydrogens is 382 g/mol. The van der Waals surface area contributed by atoms with Crippen LogP contribution in [0.2, 0.25) is 5.02 Å². The number of rotatable bonds is 5. The van der Waals surface area contributed by atoms with Gasteiger partial charge in [-0.15, -0.1) is 0 Å². The Morgan fingerprint density at radius 3 is 2.67 bits per heavy atom. The lowest BCUT2D eigenvalue weighted by Gasteiger charge is -2.32. The minimum absolute atomic E-state index is 0.0119. The molecule has 0 saturated carbocycles. The first-order valence-corrected chi connectivity index (χ1v) is 10.4. The van der Waals surface area contributed by atoms with Gasteiger partial charge in [-0.25, -0.2) is 0 Å². The van der Waals surface area contributed by atoms with E-state index < -0.39 is 0 Å². The molecule has 7 heteroatoms. The number of nitrogens with zero attached hydrogens (tertiary/aromatic N) is 3. The molecule has 27 heavy (non-hydrogen) atoms. The molecule has 4 rings (SSSR count). The van der Waals surface area contributed by atoms with Crippen LogP contribution >= 0.6 is 23.4 Å². The van der Waals surface area contributed by atoms with E-state index in [-0.39, 0.29) is 12.1 Å². The minimum atomic E-state index is -0.0985. The van der Waals surface area contributed by atoms with E-state index >= 15 is 0 Å². The lowest BCUT2D eigenvalue weighted by atomic mass is 9.94. The summed E-state index contributed by atoms with van der Waals surface area (Å²) < 4.78 is 10.9. The largest absolute Gasteiger partial charge is 0.493 e. The van der Waals surface area contributed by atoms with Crippen molar-refractivity contribution >= 4 is 28.5 Å². The highest BCUT2D eigenvalue weighted by atomic mass is 35.5. The van der Waals surface area contributed by atoms with Gasteiger partial charge in [-0.2, -0.15) is 0 Å². The number of amidine groups is 1. The summed E-state index contributed by atoms with van der Waals surface area (Å²) in [6, 6.07) is 10.1. The Morgan fingerprint density at radius 1 is 1.22 bits per heavy atom. The van der Waals surface area contributed by atoms with E-state index in [4.69, 9.17) is 26.1 Å². The summed E-state index contributed by atoms with van der Waals surface area (Å²) in [5.41, 5.74) is 1.94. The maximum Gasteiger partial charge on any atom is 0.162 e. The van der Waals surface area contributed by atoms with E-state index in [1.165, 1.54) is 0 Å². The zero-order valence-electron chi connectivity index (χ0n) is 15.6. The Morgan fingerprint density at radius 2 is 2.00 bits per heavy atom. The average Bonchev–Trinajstić information content (AvgIpc) is 3.27. The molecule has 3 heterocycles. The van der Waals surface area contributed by atoms with Gasteiger partial charge in [0.1, 0.15) is 6.04 Å². The van der Waals surface area contributed by atoms with Crippen molar-refractivity contribution in [3.8, 4) is 11.5 Å². The molecule has 0 amide bonds. The fraction of sp³-hybridized carbons (Fsp3) is 0.400. The number of fused-ring (bicyclic) bond motifs is 1. The van der Waals surface area contributed by atoms with Crippen LogP contribution in [0.15, 0.2) is 41.5 Å². The van der Waals surface area contributed by atoms with Crippen LogP contribution in [0.5, 0.6) is 11.5 Å². The zero-order chi connectivity index (χ0) is 19.0. The fourth-order valence-corrected chi connectivity index (χ4v) is 5.39. The zero-order valence-corrected chi connectivity index (χ0v) is 17.1. The number of ether oxygens (including phenoxy) is 2. The second-order valence-corrected chi connectivity index (χ2v) is 7.96. The first-order chi connectivity index (χ1) is 13.2. The molecule has 1 saturated heterocycles. The molecule has 0 aliphatic carbocycles. The highest BCUT2D eigenvalue weighted by molar-refractivity contribution is 8.14. The van der Waals surface area contributed by atoms with Crippen molar-refractivity contribution in [1.29, 1.82) is 0 Å². The third-order valence-corrected chi connectivity index (χ3v) is 6.60. The molecule has 0 spiro atoms. The average molecular weight is 404 g/mol. The number of methoxy groups -OCH3 is 2. The van der Waals surface area contributed by atoms with Crippen LogP contribution in [0.1, 0.15) is 36.7 Å². The number of aromatic nitrogens is 1. The summed E-state index contributed by atoms with van der Waals surface area (Å²) in [6.45, 7) is 2.22. The quantitative estimate of drug-likeness (QED) is 0.722. The molecule has 2 aliphatic rings. The van der Waals surface area contributed by atoms with Gasteiger partial charge in [-0.1, -0.05) is 36.4 Å². The number of hydrogen-bond acceptors (Lipinski definition) is 6. The Bertz CT molecular complexity index is 862. The molecule has 1 aromatic heterocycles. The molecule has 0 bridgehead atoms. The SMILES string of the molecule is CC[C@@H]1CSC2=N[C@@H](c3ccccn3)[C@@H](c3cc(OC)c(OC)cc3Cl)N21.